The van der Waals surface area contributed by atoms with Crippen molar-refractivity contribution < 1.29 is 5.11 Å². The van der Waals surface area contributed by atoms with Crippen LogP contribution in [0.1, 0.15) is 31.3 Å². The lowest BCUT2D eigenvalue weighted by atomic mass is 10.1. The zero-order valence-corrected chi connectivity index (χ0v) is 12.8. The van der Waals surface area contributed by atoms with Crippen molar-refractivity contribution in [2.24, 2.45) is 0 Å². The molecule has 0 saturated carbocycles. The number of aromatic hydroxyl groups is 1. The summed E-state index contributed by atoms with van der Waals surface area (Å²) < 4.78 is 2.22. The van der Waals surface area contributed by atoms with Crippen LogP contribution in [-0.4, -0.2) is 14.7 Å². The molecule has 4 heteroatoms. The Labute approximate surface area is 128 Å². The van der Waals surface area contributed by atoms with Gasteiger partial charge < -0.3 is 9.67 Å². The number of hydrogen-bond donors (Lipinski definition) is 1. The number of aromatic nitrogens is 2. The van der Waals surface area contributed by atoms with E-state index in [9.17, 15) is 5.11 Å². The van der Waals surface area contributed by atoms with Gasteiger partial charge in [-0.1, -0.05) is 23.7 Å². The molecule has 0 atom stereocenters. The molecule has 1 aromatic heterocycles. The Kier molecular flexibility index (Phi) is 3.60. The van der Waals surface area contributed by atoms with E-state index in [0.29, 0.717) is 17.5 Å². The molecule has 1 heterocycles. The molecule has 0 fully saturated rings. The first-order valence-corrected chi connectivity index (χ1v) is 7.36. The second kappa shape index (κ2) is 5.41. The van der Waals surface area contributed by atoms with Crippen molar-refractivity contribution in [1.82, 2.24) is 9.55 Å². The fourth-order valence-electron chi connectivity index (χ4n) is 2.67. The summed E-state index contributed by atoms with van der Waals surface area (Å²) in [5.74, 6) is 1.26. The summed E-state index contributed by atoms with van der Waals surface area (Å²) in [5, 5.41) is 10.3. The summed E-state index contributed by atoms with van der Waals surface area (Å²) in [4.78, 5) is 4.72. The fourth-order valence-corrected chi connectivity index (χ4v) is 2.84. The molecule has 0 bridgehead atoms. The number of phenols is 1. The highest BCUT2D eigenvalue weighted by Crippen LogP contribution is 2.26. The van der Waals surface area contributed by atoms with Crippen molar-refractivity contribution >= 4 is 22.6 Å². The minimum Gasteiger partial charge on any atom is -0.508 e. The Morgan fingerprint density at radius 2 is 2.00 bits per heavy atom. The van der Waals surface area contributed by atoms with Crippen molar-refractivity contribution in [3.63, 3.8) is 0 Å². The molecule has 0 aliphatic rings. The van der Waals surface area contributed by atoms with E-state index in [-0.39, 0.29) is 5.75 Å². The summed E-state index contributed by atoms with van der Waals surface area (Å²) in [6.07, 6.45) is 0.679. The maximum atomic E-state index is 9.60. The Morgan fingerprint density at radius 1 is 1.19 bits per heavy atom. The predicted molar refractivity (Wildman–Crippen MR) is 86.0 cm³/mol. The molecular weight excluding hydrogens is 284 g/mol. The van der Waals surface area contributed by atoms with Crippen LogP contribution in [0, 0.1) is 0 Å². The van der Waals surface area contributed by atoms with E-state index >= 15 is 0 Å². The number of fused-ring (bicyclic) bond motifs is 1. The van der Waals surface area contributed by atoms with Gasteiger partial charge in [0.05, 0.1) is 11.0 Å². The monoisotopic (exact) mass is 300 g/mol. The average Bonchev–Trinajstić information content (AvgIpc) is 2.75. The van der Waals surface area contributed by atoms with Crippen LogP contribution in [0.15, 0.2) is 42.5 Å². The van der Waals surface area contributed by atoms with E-state index in [2.05, 4.69) is 18.4 Å². The zero-order chi connectivity index (χ0) is 15.0. The number of imidazole rings is 1. The summed E-state index contributed by atoms with van der Waals surface area (Å²) in [6.45, 7) is 4.28. The molecule has 3 nitrogen and oxygen atoms in total. The summed E-state index contributed by atoms with van der Waals surface area (Å²) in [7, 11) is 0. The molecule has 0 aliphatic heterocycles. The van der Waals surface area contributed by atoms with Gasteiger partial charge in [0, 0.05) is 17.5 Å². The minimum atomic E-state index is 0.280. The summed E-state index contributed by atoms with van der Waals surface area (Å²) in [6, 6.07) is 13.4. The van der Waals surface area contributed by atoms with Gasteiger partial charge in [-0.25, -0.2) is 4.98 Å². The van der Waals surface area contributed by atoms with E-state index in [0.717, 1.165) is 22.4 Å². The number of phenolic OH excluding ortho intramolecular Hbond substituents is 1. The summed E-state index contributed by atoms with van der Waals surface area (Å²) in [5.41, 5.74) is 3.04. The third-order valence-corrected chi connectivity index (χ3v) is 3.75. The van der Waals surface area contributed by atoms with Crippen molar-refractivity contribution in [2.45, 2.75) is 26.3 Å². The van der Waals surface area contributed by atoms with Crippen molar-refractivity contribution in [3.05, 3.63) is 58.9 Å². The van der Waals surface area contributed by atoms with E-state index < -0.39 is 0 Å². The third-order valence-electron chi connectivity index (χ3n) is 3.51. The largest absolute Gasteiger partial charge is 0.508 e. The minimum absolute atomic E-state index is 0.280. The van der Waals surface area contributed by atoms with Gasteiger partial charge in [-0.05, 0) is 49.7 Å². The molecule has 3 rings (SSSR count). The molecule has 0 spiro atoms. The predicted octanol–water partition coefficient (Wildman–Crippen LogP) is 4.57. The molecule has 0 radical (unpaired) electrons. The van der Waals surface area contributed by atoms with Gasteiger partial charge in [0.2, 0.25) is 0 Å². The second-order valence-corrected chi connectivity index (χ2v) is 5.91. The van der Waals surface area contributed by atoms with E-state index in [1.165, 1.54) is 0 Å². The Bertz CT molecular complexity index is 793. The van der Waals surface area contributed by atoms with Crippen LogP contribution in [0.4, 0.5) is 0 Å². The quantitative estimate of drug-likeness (QED) is 0.769. The van der Waals surface area contributed by atoms with Crippen molar-refractivity contribution in [1.29, 1.82) is 0 Å². The highest BCUT2D eigenvalue weighted by molar-refractivity contribution is 6.31. The normalized spacial score (nSPS) is 11.4. The van der Waals surface area contributed by atoms with Crippen LogP contribution < -0.4 is 0 Å². The molecule has 0 unspecified atom stereocenters. The molecule has 21 heavy (non-hydrogen) atoms. The van der Waals surface area contributed by atoms with Gasteiger partial charge in [0.1, 0.15) is 11.6 Å². The lowest BCUT2D eigenvalue weighted by Crippen LogP contribution is -2.06. The third kappa shape index (κ3) is 2.74. The maximum Gasteiger partial charge on any atom is 0.115 e. The van der Waals surface area contributed by atoms with E-state index in [4.69, 9.17) is 16.6 Å². The van der Waals surface area contributed by atoms with E-state index in [1.807, 2.05) is 30.3 Å². The van der Waals surface area contributed by atoms with Gasteiger partial charge in [-0.3, -0.25) is 0 Å². The van der Waals surface area contributed by atoms with Crippen molar-refractivity contribution in [2.75, 3.05) is 0 Å². The van der Waals surface area contributed by atoms with Gasteiger partial charge >= 0.3 is 0 Å². The lowest BCUT2D eigenvalue weighted by molar-refractivity contribution is 0.474. The molecular formula is C17H17ClN2O. The van der Waals surface area contributed by atoms with Crippen LogP contribution in [0.5, 0.6) is 5.75 Å². The van der Waals surface area contributed by atoms with Gasteiger partial charge in [-0.2, -0.15) is 0 Å². The smallest absolute Gasteiger partial charge is 0.115 e. The molecule has 3 aromatic rings. The second-order valence-electron chi connectivity index (χ2n) is 5.47. The van der Waals surface area contributed by atoms with Crippen LogP contribution in [-0.2, 0) is 6.42 Å². The number of rotatable bonds is 3. The SMILES string of the molecule is CC(C)n1c(Cc2cccc(O)c2)nc2cc(Cl)ccc21. The zero-order valence-electron chi connectivity index (χ0n) is 12.0. The summed E-state index contributed by atoms with van der Waals surface area (Å²) >= 11 is 6.06. The first-order valence-electron chi connectivity index (χ1n) is 6.99. The highest BCUT2D eigenvalue weighted by atomic mass is 35.5. The van der Waals surface area contributed by atoms with Crippen LogP contribution in [0.3, 0.4) is 0 Å². The van der Waals surface area contributed by atoms with Crippen LogP contribution in [0.2, 0.25) is 5.02 Å². The first kappa shape index (κ1) is 14.0. The van der Waals surface area contributed by atoms with Crippen LogP contribution >= 0.6 is 11.6 Å². The molecule has 108 valence electrons. The fraction of sp³-hybridized carbons (Fsp3) is 0.235. The first-order chi connectivity index (χ1) is 10.0. The number of nitrogens with zero attached hydrogens (tertiary/aromatic N) is 2. The van der Waals surface area contributed by atoms with Gasteiger partial charge in [0.25, 0.3) is 0 Å². The molecule has 0 amide bonds. The average molecular weight is 301 g/mol. The molecule has 2 aromatic carbocycles. The lowest BCUT2D eigenvalue weighted by Gasteiger charge is -2.13. The van der Waals surface area contributed by atoms with E-state index in [1.54, 1.807) is 12.1 Å². The van der Waals surface area contributed by atoms with Gasteiger partial charge in [0.15, 0.2) is 0 Å². The highest BCUT2D eigenvalue weighted by Gasteiger charge is 2.14. The Morgan fingerprint density at radius 3 is 2.71 bits per heavy atom. The van der Waals surface area contributed by atoms with Crippen LogP contribution in [0.25, 0.3) is 11.0 Å². The number of hydrogen-bond acceptors (Lipinski definition) is 2. The van der Waals surface area contributed by atoms with Gasteiger partial charge in [-0.15, -0.1) is 0 Å². The topological polar surface area (TPSA) is 38.0 Å². The number of benzene rings is 2. The molecule has 0 saturated heterocycles. The molecule has 1 N–H and O–H groups in total. The number of halogens is 1. The Hall–Kier alpha value is -2.00. The standard InChI is InChI=1S/C17H17ClN2O/c1-11(2)20-16-7-6-13(18)10-15(16)19-17(20)9-12-4-3-5-14(21)8-12/h3-8,10-11,21H,9H2,1-2H3. The molecule has 0 aliphatic carbocycles. The maximum absolute atomic E-state index is 9.60. The Balaban J connectivity index is 2.10. The van der Waals surface area contributed by atoms with Crippen molar-refractivity contribution in [3.8, 4) is 5.75 Å².